The third-order valence-corrected chi connectivity index (χ3v) is 2.26. The van der Waals surface area contributed by atoms with E-state index in [1.54, 1.807) is 19.1 Å². The Hall–Kier alpha value is -1.51. The third-order valence-electron chi connectivity index (χ3n) is 2.26. The molecule has 0 aliphatic heterocycles. The van der Waals surface area contributed by atoms with Gasteiger partial charge in [0.1, 0.15) is 5.75 Å². The number of carboxylic acids is 1. The molecule has 0 aliphatic carbocycles. The van der Waals surface area contributed by atoms with Crippen LogP contribution in [0.15, 0.2) is 18.2 Å². The monoisotopic (exact) mass is 194 g/mol. The van der Waals surface area contributed by atoms with Crippen LogP contribution in [0.3, 0.4) is 0 Å². The molecule has 2 N–H and O–H groups in total. The van der Waals surface area contributed by atoms with E-state index >= 15 is 0 Å². The Kier molecular flexibility index (Phi) is 3.12. The predicted molar refractivity (Wildman–Crippen MR) is 53.5 cm³/mol. The minimum atomic E-state index is -0.895. The molecule has 0 spiro atoms. The number of phenols is 1. The highest BCUT2D eigenvalue weighted by molar-refractivity contribution is 5.77. The van der Waals surface area contributed by atoms with E-state index in [4.69, 9.17) is 5.11 Å². The van der Waals surface area contributed by atoms with Crippen molar-refractivity contribution in [3.05, 3.63) is 29.3 Å². The summed E-state index contributed by atoms with van der Waals surface area (Å²) in [6.07, 6.45) is 0.479. The molecule has 0 aliphatic rings. The first-order valence-corrected chi connectivity index (χ1v) is 4.58. The van der Waals surface area contributed by atoms with E-state index in [-0.39, 0.29) is 5.75 Å². The van der Waals surface area contributed by atoms with Crippen molar-refractivity contribution in [2.45, 2.75) is 26.2 Å². The molecule has 76 valence electrons. The number of hydrogen-bond donors (Lipinski definition) is 2. The summed E-state index contributed by atoms with van der Waals surface area (Å²) < 4.78 is 0. The van der Waals surface area contributed by atoms with Gasteiger partial charge in [0, 0.05) is 5.56 Å². The molecule has 1 aromatic rings. The number of benzene rings is 1. The number of carboxylic acid groups (broad SMARTS) is 1. The van der Waals surface area contributed by atoms with Crippen molar-refractivity contribution in [1.29, 1.82) is 0 Å². The number of carbonyl (C=O) groups is 1. The lowest BCUT2D eigenvalue weighted by atomic mass is 9.94. The summed E-state index contributed by atoms with van der Waals surface area (Å²) in [6, 6.07) is 5.02. The van der Waals surface area contributed by atoms with Crippen molar-refractivity contribution in [3.8, 4) is 5.75 Å². The van der Waals surface area contributed by atoms with Crippen LogP contribution in [0.2, 0.25) is 0 Å². The second-order valence-corrected chi connectivity index (χ2v) is 3.36. The first-order valence-electron chi connectivity index (χ1n) is 4.58. The lowest BCUT2D eigenvalue weighted by Gasteiger charge is -2.12. The van der Waals surface area contributed by atoms with Crippen molar-refractivity contribution in [2.24, 2.45) is 0 Å². The van der Waals surface area contributed by atoms with Gasteiger partial charge in [-0.2, -0.15) is 0 Å². The molecule has 0 amide bonds. The molecule has 3 nitrogen and oxygen atoms in total. The second kappa shape index (κ2) is 4.13. The van der Waals surface area contributed by atoms with Gasteiger partial charge in [0.15, 0.2) is 0 Å². The average Bonchev–Trinajstić information content (AvgIpc) is 2.11. The molecule has 1 rings (SSSR count). The minimum Gasteiger partial charge on any atom is -0.508 e. The maximum atomic E-state index is 10.9. The van der Waals surface area contributed by atoms with Gasteiger partial charge in [-0.15, -0.1) is 0 Å². The quantitative estimate of drug-likeness (QED) is 0.776. The molecule has 14 heavy (non-hydrogen) atoms. The van der Waals surface area contributed by atoms with Gasteiger partial charge in [-0.25, -0.2) is 0 Å². The maximum Gasteiger partial charge on any atom is 0.311 e. The Labute approximate surface area is 83.0 Å². The van der Waals surface area contributed by atoms with Gasteiger partial charge in [0.25, 0.3) is 0 Å². The Morgan fingerprint density at radius 2 is 2.14 bits per heavy atom. The van der Waals surface area contributed by atoms with Gasteiger partial charge in [-0.1, -0.05) is 24.6 Å². The summed E-state index contributed by atoms with van der Waals surface area (Å²) in [5.41, 5.74) is 1.46. The Balaban J connectivity index is 3.15. The fraction of sp³-hybridized carbons (Fsp3) is 0.364. The molecule has 0 saturated heterocycles. The predicted octanol–water partition coefficient (Wildman–Crippen LogP) is 2.28. The van der Waals surface area contributed by atoms with Crippen LogP contribution in [0.5, 0.6) is 5.75 Å². The van der Waals surface area contributed by atoms with Crippen LogP contribution in [-0.2, 0) is 4.79 Å². The molecule has 0 heterocycles. The van der Waals surface area contributed by atoms with Crippen LogP contribution in [0.4, 0.5) is 0 Å². The van der Waals surface area contributed by atoms with Gasteiger partial charge in [-0.05, 0) is 19.4 Å². The van der Waals surface area contributed by atoms with E-state index in [0.717, 1.165) is 5.56 Å². The summed E-state index contributed by atoms with van der Waals surface area (Å²) in [4.78, 5) is 10.9. The number of phenolic OH excluding ortho intramolecular Hbond substituents is 1. The van der Waals surface area contributed by atoms with Crippen LogP contribution in [0, 0.1) is 6.92 Å². The summed E-state index contributed by atoms with van der Waals surface area (Å²) >= 11 is 0. The molecular weight excluding hydrogens is 180 g/mol. The molecule has 0 radical (unpaired) electrons. The standard InChI is InChI=1S/C11H14O3/c1-3-8(11(13)14)9-6-7(2)4-5-10(9)12/h4-6,8,12H,3H2,1-2H3,(H,13,14). The van der Waals surface area contributed by atoms with Gasteiger partial charge in [0.2, 0.25) is 0 Å². The smallest absolute Gasteiger partial charge is 0.311 e. The number of aromatic hydroxyl groups is 1. The number of rotatable bonds is 3. The molecule has 0 bridgehead atoms. The molecule has 1 unspecified atom stereocenters. The maximum absolute atomic E-state index is 10.9. The van der Waals surface area contributed by atoms with Gasteiger partial charge < -0.3 is 10.2 Å². The van der Waals surface area contributed by atoms with Crippen molar-refractivity contribution < 1.29 is 15.0 Å². The minimum absolute atomic E-state index is 0.0600. The van der Waals surface area contributed by atoms with Crippen LogP contribution in [-0.4, -0.2) is 16.2 Å². The highest BCUT2D eigenvalue weighted by Gasteiger charge is 2.20. The van der Waals surface area contributed by atoms with Crippen molar-refractivity contribution >= 4 is 5.97 Å². The van der Waals surface area contributed by atoms with Gasteiger partial charge in [0.05, 0.1) is 5.92 Å². The number of hydrogen-bond acceptors (Lipinski definition) is 2. The number of aryl methyl sites for hydroxylation is 1. The van der Waals surface area contributed by atoms with E-state index < -0.39 is 11.9 Å². The lowest BCUT2D eigenvalue weighted by molar-refractivity contribution is -0.138. The van der Waals surface area contributed by atoms with Crippen molar-refractivity contribution in [3.63, 3.8) is 0 Å². The molecule has 0 fully saturated rings. The van der Waals surface area contributed by atoms with E-state index in [2.05, 4.69) is 0 Å². The zero-order valence-electron chi connectivity index (χ0n) is 8.32. The van der Waals surface area contributed by atoms with E-state index in [0.29, 0.717) is 12.0 Å². The zero-order chi connectivity index (χ0) is 10.7. The molecule has 0 saturated carbocycles. The summed E-state index contributed by atoms with van der Waals surface area (Å²) in [5.74, 6) is -1.45. The Morgan fingerprint density at radius 1 is 1.50 bits per heavy atom. The van der Waals surface area contributed by atoms with Crippen LogP contribution >= 0.6 is 0 Å². The second-order valence-electron chi connectivity index (χ2n) is 3.36. The zero-order valence-corrected chi connectivity index (χ0v) is 8.32. The molecule has 0 aromatic heterocycles. The van der Waals surface area contributed by atoms with Gasteiger partial charge >= 0.3 is 5.97 Å². The highest BCUT2D eigenvalue weighted by Crippen LogP contribution is 2.29. The van der Waals surface area contributed by atoms with E-state index in [1.165, 1.54) is 6.07 Å². The fourth-order valence-corrected chi connectivity index (χ4v) is 1.48. The van der Waals surface area contributed by atoms with E-state index in [9.17, 15) is 9.90 Å². The topological polar surface area (TPSA) is 57.5 Å². The van der Waals surface area contributed by atoms with Crippen LogP contribution in [0.1, 0.15) is 30.4 Å². The molecule has 3 heteroatoms. The fourth-order valence-electron chi connectivity index (χ4n) is 1.48. The molecule has 1 atom stereocenters. The van der Waals surface area contributed by atoms with Gasteiger partial charge in [-0.3, -0.25) is 4.79 Å². The van der Waals surface area contributed by atoms with Crippen LogP contribution < -0.4 is 0 Å². The van der Waals surface area contributed by atoms with Crippen molar-refractivity contribution in [2.75, 3.05) is 0 Å². The van der Waals surface area contributed by atoms with Crippen LogP contribution in [0.25, 0.3) is 0 Å². The third kappa shape index (κ3) is 2.05. The lowest BCUT2D eigenvalue weighted by Crippen LogP contribution is -2.10. The first-order chi connectivity index (χ1) is 6.56. The summed E-state index contributed by atoms with van der Waals surface area (Å²) in [5, 5.41) is 18.5. The summed E-state index contributed by atoms with van der Waals surface area (Å²) in [6.45, 7) is 3.66. The van der Waals surface area contributed by atoms with Crippen molar-refractivity contribution in [1.82, 2.24) is 0 Å². The Bertz CT molecular complexity index is 344. The first kappa shape index (κ1) is 10.6. The summed E-state index contributed by atoms with van der Waals surface area (Å²) in [7, 11) is 0. The SMILES string of the molecule is CCC(C(=O)O)c1cc(C)ccc1O. The normalized spacial score (nSPS) is 12.4. The highest BCUT2D eigenvalue weighted by atomic mass is 16.4. The molecule has 1 aromatic carbocycles. The Morgan fingerprint density at radius 3 is 2.64 bits per heavy atom. The number of aliphatic carboxylic acids is 1. The molecular formula is C11H14O3. The largest absolute Gasteiger partial charge is 0.508 e. The van der Waals surface area contributed by atoms with E-state index in [1.807, 2.05) is 6.92 Å². The average molecular weight is 194 g/mol.